The van der Waals surface area contributed by atoms with E-state index in [1.165, 1.54) is 18.0 Å². The number of amidine groups is 1. The summed E-state index contributed by atoms with van der Waals surface area (Å²) in [6.45, 7) is 2.06. The molecule has 180 valence electrons. The van der Waals surface area contributed by atoms with Crippen LogP contribution in [0.4, 0.5) is 24.7 Å². The van der Waals surface area contributed by atoms with E-state index < -0.39 is 17.8 Å². The van der Waals surface area contributed by atoms with Crippen molar-refractivity contribution in [2.75, 3.05) is 12.4 Å². The summed E-state index contributed by atoms with van der Waals surface area (Å²) in [5.74, 6) is -0.148. The molecule has 0 aliphatic heterocycles. The zero-order valence-electron chi connectivity index (χ0n) is 18.3. The summed E-state index contributed by atoms with van der Waals surface area (Å²) in [6.07, 6.45) is 1.79. The van der Waals surface area contributed by atoms with Gasteiger partial charge in [-0.3, -0.25) is 14.5 Å². The molecule has 0 amide bonds. The molecule has 35 heavy (non-hydrogen) atoms. The Morgan fingerprint density at radius 1 is 1.20 bits per heavy atom. The number of nitrogens with zero attached hydrogens (tertiary/aromatic N) is 7. The fraction of sp³-hybridized carbons (Fsp3) is 0.190. The lowest BCUT2D eigenvalue weighted by Crippen LogP contribution is -2.35. The van der Waals surface area contributed by atoms with Gasteiger partial charge in [0.1, 0.15) is 5.69 Å². The molecule has 0 saturated carbocycles. The third-order valence-corrected chi connectivity index (χ3v) is 4.63. The van der Waals surface area contributed by atoms with Crippen LogP contribution >= 0.6 is 0 Å². The van der Waals surface area contributed by atoms with E-state index in [1.54, 1.807) is 18.5 Å². The molecule has 0 bridgehead atoms. The molecule has 1 N–H and O–H groups in total. The number of ether oxygens (including phenoxy) is 1. The molecule has 0 spiro atoms. The third kappa shape index (κ3) is 5.85. The number of aromatic nitrogens is 6. The monoisotopic (exact) mass is 486 g/mol. The largest absolute Gasteiger partial charge is 0.846 e. The Labute approximate surface area is 196 Å². The number of aliphatic imine (C=N–C) groups is 1. The van der Waals surface area contributed by atoms with Crippen LogP contribution in [0.15, 0.2) is 58.7 Å². The predicted octanol–water partition coefficient (Wildman–Crippen LogP) is 2.05. The van der Waals surface area contributed by atoms with Crippen LogP contribution in [0.25, 0.3) is 11.1 Å². The van der Waals surface area contributed by atoms with E-state index in [9.17, 15) is 18.3 Å². The molecule has 0 atom stereocenters. The first-order valence-electron chi connectivity index (χ1n) is 9.95. The van der Waals surface area contributed by atoms with Gasteiger partial charge in [-0.15, -0.1) is 0 Å². The summed E-state index contributed by atoms with van der Waals surface area (Å²) < 4.78 is 49.7. The van der Waals surface area contributed by atoms with Crippen LogP contribution in [0.5, 0.6) is 6.01 Å². The highest BCUT2D eigenvalue weighted by molar-refractivity contribution is 5.86. The lowest BCUT2D eigenvalue weighted by atomic mass is 10.1. The molecule has 11 nitrogen and oxygen atoms in total. The Morgan fingerprint density at radius 3 is 2.71 bits per heavy atom. The van der Waals surface area contributed by atoms with Crippen LogP contribution in [-0.2, 0) is 12.7 Å². The summed E-state index contributed by atoms with van der Waals surface area (Å²) in [4.78, 5) is 19.8. The molecule has 0 aliphatic carbocycles. The first-order valence-corrected chi connectivity index (χ1v) is 9.95. The molecule has 4 aromatic rings. The number of hydrogen-bond acceptors (Lipinski definition) is 9. The van der Waals surface area contributed by atoms with E-state index in [0.29, 0.717) is 11.9 Å². The Balaban J connectivity index is 1.41. The van der Waals surface area contributed by atoms with E-state index in [0.717, 1.165) is 29.1 Å². The maximum absolute atomic E-state index is 12.8. The normalized spacial score (nSPS) is 12.0. The Morgan fingerprint density at radius 2 is 2.03 bits per heavy atom. The van der Waals surface area contributed by atoms with Crippen LogP contribution in [0.2, 0.25) is 0 Å². The molecular weight excluding hydrogens is 469 g/mol. The maximum atomic E-state index is 12.8. The van der Waals surface area contributed by atoms with Gasteiger partial charge < -0.3 is 15.2 Å². The van der Waals surface area contributed by atoms with Gasteiger partial charge in [0.25, 0.3) is 6.20 Å². The lowest BCUT2D eigenvalue weighted by molar-refractivity contribution is -0.755. The number of hydrogen-bond donors (Lipinski definition) is 1. The fourth-order valence-electron chi connectivity index (χ4n) is 2.98. The van der Waals surface area contributed by atoms with Gasteiger partial charge in [-0.25, -0.2) is 9.98 Å². The lowest BCUT2D eigenvalue weighted by Gasteiger charge is -2.13. The molecule has 4 heterocycles. The van der Waals surface area contributed by atoms with Crippen molar-refractivity contribution in [1.29, 1.82) is 0 Å². The zero-order valence-corrected chi connectivity index (χ0v) is 18.3. The SMILES string of the molecule is COc1ncc(-c2ccc(C[n+]3cc(N=C([O-])Nc4cncc(C(F)(F)F)c4)on3)nc2)c(C)n1. The van der Waals surface area contributed by atoms with Gasteiger partial charge in [-0.05, 0) is 23.7 Å². The highest BCUT2D eigenvalue weighted by Gasteiger charge is 2.31. The van der Waals surface area contributed by atoms with Crippen molar-refractivity contribution in [2.24, 2.45) is 4.99 Å². The van der Waals surface area contributed by atoms with Crippen LogP contribution in [0.1, 0.15) is 17.0 Å². The fourth-order valence-corrected chi connectivity index (χ4v) is 2.98. The molecule has 0 unspecified atom stereocenters. The van der Waals surface area contributed by atoms with Crippen LogP contribution in [-0.4, -0.2) is 38.3 Å². The summed E-state index contributed by atoms with van der Waals surface area (Å²) in [5.41, 5.74) is 1.84. The van der Waals surface area contributed by atoms with Gasteiger partial charge in [-0.2, -0.15) is 18.2 Å². The van der Waals surface area contributed by atoms with Crippen LogP contribution < -0.4 is 19.8 Å². The van der Waals surface area contributed by atoms with E-state index >= 15 is 0 Å². The molecule has 0 radical (unpaired) electrons. The van der Waals surface area contributed by atoms with E-state index in [4.69, 9.17) is 9.26 Å². The van der Waals surface area contributed by atoms with Crippen LogP contribution in [0.3, 0.4) is 0 Å². The summed E-state index contributed by atoms with van der Waals surface area (Å²) in [6, 6.07) is 3.71. The quantitative estimate of drug-likeness (QED) is 0.246. The van der Waals surface area contributed by atoms with Crippen molar-refractivity contribution < 1.29 is 32.2 Å². The first-order chi connectivity index (χ1) is 16.7. The Bertz CT molecular complexity index is 1360. The Hall–Kier alpha value is -4.62. The zero-order chi connectivity index (χ0) is 25.0. The van der Waals surface area contributed by atoms with Crippen LogP contribution in [0, 0.1) is 6.92 Å². The van der Waals surface area contributed by atoms with Gasteiger partial charge in [0.15, 0.2) is 0 Å². The predicted molar refractivity (Wildman–Crippen MR) is 112 cm³/mol. The smallest absolute Gasteiger partial charge is 0.417 e. The molecule has 14 heteroatoms. The topological polar surface area (TPSA) is 138 Å². The highest BCUT2D eigenvalue weighted by atomic mass is 19.4. The van der Waals surface area contributed by atoms with E-state index in [-0.39, 0.29) is 24.1 Å². The number of pyridine rings is 2. The molecule has 0 aromatic carbocycles. The highest BCUT2D eigenvalue weighted by Crippen LogP contribution is 2.30. The van der Waals surface area contributed by atoms with Crippen molar-refractivity contribution in [3.63, 3.8) is 0 Å². The summed E-state index contributed by atoms with van der Waals surface area (Å²) >= 11 is 0. The van der Waals surface area contributed by atoms with Crippen molar-refractivity contribution in [1.82, 2.24) is 25.2 Å². The van der Waals surface area contributed by atoms with Gasteiger partial charge in [0, 0.05) is 29.7 Å². The number of halogens is 3. The standard InChI is InChI=1S/C21H17F3N8O3/c1-12-17(9-27-20(28-12)34-2)13-3-4-15(26-6-13)10-32-11-18(35-31-32)30-19(33)29-16-5-14(7-25-8-16)21(22,23)24/h3-9,11H,10H2,1-2H3,(H-,29,30,31,33). The van der Waals surface area contributed by atoms with Crippen molar-refractivity contribution in [3.05, 3.63) is 66.1 Å². The van der Waals surface area contributed by atoms with E-state index in [1.807, 2.05) is 13.0 Å². The van der Waals surface area contributed by atoms with Crippen molar-refractivity contribution in [2.45, 2.75) is 19.6 Å². The number of aryl methyl sites for hydroxylation is 1. The second kappa shape index (κ2) is 9.70. The van der Waals surface area contributed by atoms with Gasteiger partial charge in [-0.1, -0.05) is 6.07 Å². The minimum absolute atomic E-state index is 0.148. The van der Waals surface area contributed by atoms with Gasteiger partial charge in [0.05, 0.1) is 36.3 Å². The molecule has 0 saturated heterocycles. The first kappa shape index (κ1) is 23.5. The average Bonchev–Trinajstić information content (AvgIpc) is 3.25. The minimum Gasteiger partial charge on any atom is -0.846 e. The third-order valence-electron chi connectivity index (χ3n) is 4.63. The summed E-state index contributed by atoms with van der Waals surface area (Å²) in [5, 5.41) is 18.0. The number of alkyl halides is 3. The maximum Gasteiger partial charge on any atom is 0.417 e. The van der Waals surface area contributed by atoms with Gasteiger partial charge in [0.2, 0.25) is 11.8 Å². The molecule has 0 aliphatic rings. The number of methoxy groups -OCH3 is 1. The van der Waals surface area contributed by atoms with Crippen molar-refractivity contribution >= 4 is 17.6 Å². The molecule has 4 aromatic heterocycles. The number of anilines is 1. The van der Waals surface area contributed by atoms with Crippen molar-refractivity contribution in [3.8, 4) is 17.1 Å². The molecule has 4 rings (SSSR count). The second-order valence-corrected chi connectivity index (χ2v) is 7.13. The number of rotatable bonds is 6. The number of nitrogens with one attached hydrogen (secondary N) is 1. The van der Waals surface area contributed by atoms with E-state index in [2.05, 4.69) is 35.5 Å². The average molecular weight is 486 g/mol. The van der Waals surface area contributed by atoms with Gasteiger partial charge >= 0.3 is 18.1 Å². The molecule has 0 fully saturated rings. The summed E-state index contributed by atoms with van der Waals surface area (Å²) in [7, 11) is 1.49. The molecular formula is C21H17F3N8O3. The second-order valence-electron chi connectivity index (χ2n) is 7.13. The Kier molecular flexibility index (Phi) is 6.53. The minimum atomic E-state index is -4.59.